The van der Waals surface area contributed by atoms with Crippen LogP contribution in [0.4, 0.5) is 5.69 Å². The van der Waals surface area contributed by atoms with Crippen molar-refractivity contribution in [3.05, 3.63) is 69.6 Å². The number of amides is 2. The fourth-order valence-corrected chi connectivity index (χ4v) is 2.91. The van der Waals surface area contributed by atoms with E-state index in [1.807, 2.05) is 6.92 Å². The van der Waals surface area contributed by atoms with Crippen LogP contribution in [0.5, 0.6) is 0 Å². The summed E-state index contributed by atoms with van der Waals surface area (Å²) in [5, 5.41) is 6.00. The van der Waals surface area contributed by atoms with Crippen LogP contribution >= 0.6 is 11.6 Å². The molecule has 0 saturated heterocycles. The van der Waals surface area contributed by atoms with Crippen LogP contribution in [0.1, 0.15) is 23.7 Å². The number of nitrogens with zero attached hydrogens (tertiary/aromatic N) is 2. The summed E-state index contributed by atoms with van der Waals surface area (Å²) in [5.41, 5.74) is 1.51. The van der Waals surface area contributed by atoms with Crippen LogP contribution in [0.2, 0.25) is 5.02 Å². The summed E-state index contributed by atoms with van der Waals surface area (Å²) in [6.07, 6.45) is 1.97. The lowest BCUT2D eigenvalue weighted by atomic mass is 10.1. The Balaban J connectivity index is 1.86. The highest BCUT2D eigenvalue weighted by Gasteiger charge is 2.12. The fourth-order valence-electron chi connectivity index (χ4n) is 2.72. The highest BCUT2D eigenvalue weighted by atomic mass is 35.5. The summed E-state index contributed by atoms with van der Waals surface area (Å²) in [5.74, 6) is -0.580. The lowest BCUT2D eigenvalue weighted by molar-refractivity contribution is -0.116. The number of aromatic nitrogens is 2. The van der Waals surface area contributed by atoms with Crippen molar-refractivity contribution < 1.29 is 9.59 Å². The van der Waals surface area contributed by atoms with Gasteiger partial charge in [0.15, 0.2) is 0 Å². The van der Waals surface area contributed by atoms with Crippen LogP contribution in [0, 0.1) is 0 Å². The van der Waals surface area contributed by atoms with Crippen molar-refractivity contribution in [2.24, 2.45) is 0 Å². The number of carbonyl (C=O) groups excluding carboxylic acids is 2. The first-order valence-corrected chi connectivity index (χ1v) is 9.19. The van der Waals surface area contributed by atoms with Gasteiger partial charge in [-0.25, -0.2) is 4.98 Å². The van der Waals surface area contributed by atoms with Crippen molar-refractivity contribution in [3.8, 4) is 0 Å². The molecule has 28 heavy (non-hydrogen) atoms. The van der Waals surface area contributed by atoms with Gasteiger partial charge in [-0.2, -0.15) is 0 Å². The first-order chi connectivity index (χ1) is 13.5. The summed E-state index contributed by atoms with van der Waals surface area (Å²) >= 11 is 5.92. The van der Waals surface area contributed by atoms with E-state index in [-0.39, 0.29) is 18.4 Å². The Hall–Kier alpha value is -3.19. The third kappa shape index (κ3) is 4.55. The van der Waals surface area contributed by atoms with Crippen LogP contribution in [0.3, 0.4) is 0 Å². The smallest absolute Gasteiger partial charge is 0.269 e. The van der Waals surface area contributed by atoms with Gasteiger partial charge < -0.3 is 10.6 Å². The van der Waals surface area contributed by atoms with Gasteiger partial charge in [0.05, 0.1) is 17.2 Å². The van der Waals surface area contributed by atoms with E-state index in [0.717, 1.165) is 12.6 Å². The minimum Gasteiger partial charge on any atom is -0.352 e. The zero-order chi connectivity index (χ0) is 20.1. The molecule has 1 aromatic heterocycles. The molecule has 0 bridgehead atoms. The van der Waals surface area contributed by atoms with Crippen LogP contribution in [0.25, 0.3) is 11.0 Å². The van der Waals surface area contributed by atoms with E-state index in [1.54, 1.807) is 42.5 Å². The van der Waals surface area contributed by atoms with E-state index in [2.05, 4.69) is 15.6 Å². The molecular weight excluding hydrogens is 380 g/mol. The molecule has 0 unspecified atom stereocenters. The SMILES string of the molecule is CCCNC(=O)c1ccc2c(c1)ncc(=O)n2CC(=O)Nc1cccc(Cl)c1. The van der Waals surface area contributed by atoms with E-state index in [9.17, 15) is 14.4 Å². The Bertz CT molecular complexity index is 1090. The van der Waals surface area contributed by atoms with E-state index >= 15 is 0 Å². The van der Waals surface area contributed by atoms with Crippen LogP contribution in [-0.2, 0) is 11.3 Å². The van der Waals surface area contributed by atoms with Gasteiger partial charge in [-0.15, -0.1) is 0 Å². The normalized spacial score (nSPS) is 10.6. The average Bonchev–Trinajstić information content (AvgIpc) is 2.68. The van der Waals surface area contributed by atoms with Crippen molar-refractivity contribution in [2.45, 2.75) is 19.9 Å². The number of anilines is 1. The Morgan fingerprint density at radius 3 is 2.75 bits per heavy atom. The van der Waals surface area contributed by atoms with Gasteiger partial charge in [0.2, 0.25) is 5.91 Å². The molecule has 2 amide bonds. The zero-order valence-corrected chi connectivity index (χ0v) is 16.0. The second kappa shape index (κ2) is 8.67. The van der Waals surface area contributed by atoms with Crippen LogP contribution in [0.15, 0.2) is 53.5 Å². The maximum atomic E-state index is 12.4. The molecular formula is C20H19ClN4O3. The average molecular weight is 399 g/mol. The predicted molar refractivity (Wildman–Crippen MR) is 109 cm³/mol. The van der Waals surface area contributed by atoms with Crippen LogP contribution in [-0.4, -0.2) is 27.9 Å². The number of benzene rings is 2. The largest absolute Gasteiger partial charge is 0.352 e. The lowest BCUT2D eigenvalue weighted by Crippen LogP contribution is -2.28. The van der Waals surface area contributed by atoms with Gasteiger partial charge in [-0.1, -0.05) is 24.6 Å². The van der Waals surface area contributed by atoms with Gasteiger partial charge in [0, 0.05) is 22.8 Å². The van der Waals surface area contributed by atoms with Gasteiger partial charge in [-0.05, 0) is 42.8 Å². The quantitative estimate of drug-likeness (QED) is 0.667. The van der Waals surface area contributed by atoms with Gasteiger partial charge in [-0.3, -0.25) is 19.0 Å². The third-order valence-electron chi connectivity index (χ3n) is 4.05. The van der Waals surface area contributed by atoms with Crippen molar-refractivity contribution in [1.29, 1.82) is 0 Å². The Morgan fingerprint density at radius 2 is 2.00 bits per heavy atom. The molecule has 0 spiro atoms. The molecule has 3 rings (SSSR count). The number of rotatable bonds is 6. The first kappa shape index (κ1) is 19.6. The molecule has 8 heteroatoms. The van der Waals surface area contributed by atoms with E-state index in [4.69, 9.17) is 11.6 Å². The Labute approximate surface area is 166 Å². The maximum absolute atomic E-state index is 12.4. The molecule has 0 aliphatic carbocycles. The number of nitrogens with one attached hydrogen (secondary N) is 2. The Kier molecular flexibility index (Phi) is 6.06. The molecule has 7 nitrogen and oxygen atoms in total. The number of hydrogen-bond donors (Lipinski definition) is 2. The molecule has 144 valence electrons. The maximum Gasteiger partial charge on any atom is 0.269 e. The lowest BCUT2D eigenvalue weighted by Gasteiger charge is -2.11. The molecule has 2 N–H and O–H groups in total. The second-order valence-corrected chi connectivity index (χ2v) is 6.64. The number of hydrogen-bond acceptors (Lipinski definition) is 4. The highest BCUT2D eigenvalue weighted by molar-refractivity contribution is 6.30. The molecule has 0 fully saturated rings. The van der Waals surface area contributed by atoms with Crippen LogP contribution < -0.4 is 16.2 Å². The predicted octanol–water partition coefficient (Wildman–Crippen LogP) is 2.83. The molecule has 0 aliphatic rings. The molecule has 0 radical (unpaired) electrons. The fraction of sp³-hybridized carbons (Fsp3) is 0.200. The molecule has 0 aliphatic heterocycles. The minimum absolute atomic E-state index is 0.189. The van der Waals surface area contributed by atoms with Gasteiger partial charge in [0.1, 0.15) is 6.54 Å². The third-order valence-corrected chi connectivity index (χ3v) is 4.29. The summed E-state index contributed by atoms with van der Waals surface area (Å²) in [7, 11) is 0. The molecule has 2 aromatic carbocycles. The van der Waals surface area contributed by atoms with Crippen molar-refractivity contribution in [3.63, 3.8) is 0 Å². The van der Waals surface area contributed by atoms with Gasteiger partial charge in [0.25, 0.3) is 11.5 Å². The molecule has 0 saturated carbocycles. The van der Waals surface area contributed by atoms with Crippen molar-refractivity contribution >= 4 is 40.1 Å². The van der Waals surface area contributed by atoms with Gasteiger partial charge >= 0.3 is 0 Å². The van der Waals surface area contributed by atoms with E-state index in [1.165, 1.54) is 4.57 Å². The van der Waals surface area contributed by atoms with Crippen molar-refractivity contribution in [2.75, 3.05) is 11.9 Å². The summed E-state index contributed by atoms with van der Waals surface area (Å²) in [4.78, 5) is 40.9. The highest BCUT2D eigenvalue weighted by Crippen LogP contribution is 2.16. The number of halogens is 1. The minimum atomic E-state index is -0.406. The van der Waals surface area contributed by atoms with E-state index in [0.29, 0.717) is 33.9 Å². The monoisotopic (exact) mass is 398 g/mol. The number of fused-ring (bicyclic) bond motifs is 1. The summed E-state index contributed by atoms with van der Waals surface area (Å²) < 4.78 is 1.32. The zero-order valence-electron chi connectivity index (χ0n) is 15.2. The molecule has 1 heterocycles. The second-order valence-electron chi connectivity index (χ2n) is 6.20. The van der Waals surface area contributed by atoms with E-state index < -0.39 is 5.56 Å². The number of carbonyl (C=O) groups is 2. The van der Waals surface area contributed by atoms with Crippen molar-refractivity contribution in [1.82, 2.24) is 14.9 Å². The summed E-state index contributed by atoms with van der Waals surface area (Å²) in [6, 6.07) is 11.6. The molecule has 3 aromatic rings. The topological polar surface area (TPSA) is 93.1 Å². The molecule has 0 atom stereocenters. The summed E-state index contributed by atoms with van der Waals surface area (Å²) in [6.45, 7) is 2.36. The standard InChI is InChI=1S/C20H19ClN4O3/c1-2-8-22-20(28)13-6-7-17-16(9-13)23-11-19(27)25(17)12-18(26)24-15-5-3-4-14(21)10-15/h3-7,9-11H,2,8,12H2,1H3,(H,22,28)(H,24,26). The Morgan fingerprint density at radius 1 is 1.18 bits per heavy atom. The first-order valence-electron chi connectivity index (χ1n) is 8.81.